The summed E-state index contributed by atoms with van der Waals surface area (Å²) < 4.78 is 10.4. The molecule has 1 rings (SSSR count). The van der Waals surface area contributed by atoms with Crippen LogP contribution in [0.1, 0.15) is 5.56 Å². The first-order valence-electron chi connectivity index (χ1n) is 5.59. The van der Waals surface area contributed by atoms with E-state index in [0.29, 0.717) is 17.9 Å². The van der Waals surface area contributed by atoms with Crippen molar-refractivity contribution in [1.82, 2.24) is 4.90 Å². The van der Waals surface area contributed by atoms with Gasteiger partial charge in [0.2, 0.25) is 0 Å². The molecule has 0 aliphatic carbocycles. The van der Waals surface area contributed by atoms with E-state index < -0.39 is 12.0 Å². The Morgan fingerprint density at radius 2 is 2.00 bits per heavy atom. The molecule has 0 unspecified atom stereocenters. The van der Waals surface area contributed by atoms with E-state index in [0.717, 1.165) is 5.56 Å². The van der Waals surface area contributed by atoms with Crippen LogP contribution in [-0.4, -0.2) is 50.3 Å². The van der Waals surface area contributed by atoms with E-state index in [9.17, 15) is 9.90 Å². The highest BCUT2D eigenvalue weighted by molar-refractivity contribution is 5.74. The lowest BCUT2D eigenvalue weighted by Gasteiger charge is -2.21. The Balaban J connectivity index is 3.03. The lowest BCUT2D eigenvalue weighted by molar-refractivity contribution is -0.142. The van der Waals surface area contributed by atoms with Crippen molar-refractivity contribution in [2.45, 2.75) is 12.5 Å². The maximum Gasteiger partial charge on any atom is 0.321 e. The van der Waals surface area contributed by atoms with Crippen molar-refractivity contribution in [3.05, 3.63) is 23.8 Å². The van der Waals surface area contributed by atoms with Crippen LogP contribution >= 0.6 is 0 Å². The van der Waals surface area contributed by atoms with Crippen molar-refractivity contribution in [3.63, 3.8) is 0 Å². The van der Waals surface area contributed by atoms with E-state index in [2.05, 4.69) is 0 Å². The number of aliphatic carboxylic acids is 1. The van der Waals surface area contributed by atoms with E-state index in [1.807, 2.05) is 0 Å². The standard InChI is InChI=1S/C13H19NO4/c1-14(2)11(13(15)16)8-9-7-10(17-3)5-6-12(9)18-4/h5-7,11H,8H2,1-4H3,(H,15,16)/t11-/m1/s1. The van der Waals surface area contributed by atoms with Crippen LogP contribution in [0.15, 0.2) is 18.2 Å². The van der Waals surface area contributed by atoms with Crippen LogP contribution in [0.25, 0.3) is 0 Å². The molecule has 5 nitrogen and oxygen atoms in total. The van der Waals surface area contributed by atoms with Crippen molar-refractivity contribution in [2.75, 3.05) is 28.3 Å². The summed E-state index contributed by atoms with van der Waals surface area (Å²) in [6, 6.07) is 4.78. The van der Waals surface area contributed by atoms with Gasteiger partial charge in [0, 0.05) is 6.42 Å². The number of methoxy groups -OCH3 is 2. The summed E-state index contributed by atoms with van der Waals surface area (Å²) in [7, 11) is 6.62. The Morgan fingerprint density at radius 3 is 2.44 bits per heavy atom. The smallest absolute Gasteiger partial charge is 0.321 e. The number of rotatable bonds is 6. The van der Waals surface area contributed by atoms with Crippen LogP contribution in [0.5, 0.6) is 11.5 Å². The third-order valence-electron chi connectivity index (χ3n) is 2.81. The molecule has 0 saturated carbocycles. The second-order valence-electron chi connectivity index (χ2n) is 4.20. The Morgan fingerprint density at radius 1 is 1.33 bits per heavy atom. The predicted octanol–water partition coefficient (Wildman–Crippen LogP) is 1.26. The highest BCUT2D eigenvalue weighted by atomic mass is 16.5. The van der Waals surface area contributed by atoms with Crippen LogP contribution in [0.4, 0.5) is 0 Å². The first kappa shape index (κ1) is 14.3. The van der Waals surface area contributed by atoms with Crippen molar-refractivity contribution in [2.24, 2.45) is 0 Å². The molecule has 0 heterocycles. The van der Waals surface area contributed by atoms with Gasteiger partial charge in [0.25, 0.3) is 0 Å². The summed E-state index contributed by atoms with van der Waals surface area (Å²) in [4.78, 5) is 12.9. The molecule has 0 spiro atoms. The first-order chi connectivity index (χ1) is 8.49. The van der Waals surface area contributed by atoms with E-state index in [-0.39, 0.29) is 0 Å². The second-order valence-corrected chi connectivity index (χ2v) is 4.20. The second kappa shape index (κ2) is 6.26. The van der Waals surface area contributed by atoms with Crippen LogP contribution in [-0.2, 0) is 11.2 Å². The Kier molecular flexibility index (Phi) is 4.97. The highest BCUT2D eigenvalue weighted by Crippen LogP contribution is 2.25. The maximum atomic E-state index is 11.2. The fourth-order valence-electron chi connectivity index (χ4n) is 1.74. The van der Waals surface area contributed by atoms with Crippen molar-refractivity contribution >= 4 is 5.97 Å². The molecular formula is C13H19NO4. The van der Waals surface area contributed by atoms with Crippen LogP contribution in [0.3, 0.4) is 0 Å². The van der Waals surface area contributed by atoms with Gasteiger partial charge >= 0.3 is 5.97 Å². The van der Waals surface area contributed by atoms with E-state index in [1.54, 1.807) is 51.4 Å². The fraction of sp³-hybridized carbons (Fsp3) is 0.462. The Bertz CT molecular complexity index is 417. The summed E-state index contributed by atoms with van der Waals surface area (Å²) in [5.74, 6) is 0.502. The maximum absolute atomic E-state index is 11.2. The SMILES string of the molecule is COc1ccc(OC)c(C[C@H](C(=O)O)N(C)C)c1. The molecule has 0 aliphatic rings. The number of hydrogen-bond acceptors (Lipinski definition) is 4. The van der Waals surface area contributed by atoms with Gasteiger partial charge in [-0.3, -0.25) is 9.69 Å². The van der Waals surface area contributed by atoms with E-state index in [4.69, 9.17) is 9.47 Å². The average molecular weight is 253 g/mol. The molecule has 1 N–H and O–H groups in total. The van der Waals surface area contributed by atoms with Gasteiger partial charge in [0.15, 0.2) is 0 Å². The highest BCUT2D eigenvalue weighted by Gasteiger charge is 2.22. The lowest BCUT2D eigenvalue weighted by atomic mass is 10.0. The summed E-state index contributed by atoms with van der Waals surface area (Å²) in [6.07, 6.45) is 0.364. The fourth-order valence-corrected chi connectivity index (χ4v) is 1.74. The minimum atomic E-state index is -0.857. The minimum Gasteiger partial charge on any atom is -0.497 e. The zero-order valence-corrected chi connectivity index (χ0v) is 11.1. The summed E-state index contributed by atoms with van der Waals surface area (Å²) in [5.41, 5.74) is 0.818. The Labute approximate surface area is 107 Å². The summed E-state index contributed by atoms with van der Waals surface area (Å²) >= 11 is 0. The molecule has 0 saturated heterocycles. The number of carboxylic acids is 1. The number of ether oxygens (including phenoxy) is 2. The van der Waals surface area contributed by atoms with Crippen molar-refractivity contribution in [1.29, 1.82) is 0 Å². The Hall–Kier alpha value is -1.75. The molecule has 1 aromatic carbocycles. The molecule has 0 fully saturated rings. The number of carbonyl (C=O) groups is 1. The minimum absolute atomic E-state index is 0.364. The molecular weight excluding hydrogens is 234 g/mol. The molecule has 1 atom stereocenters. The molecule has 5 heteroatoms. The van der Waals surface area contributed by atoms with Gasteiger partial charge in [-0.1, -0.05) is 0 Å². The molecule has 1 aromatic rings. The van der Waals surface area contributed by atoms with Crippen molar-refractivity contribution in [3.8, 4) is 11.5 Å². The molecule has 0 aromatic heterocycles. The third-order valence-corrected chi connectivity index (χ3v) is 2.81. The predicted molar refractivity (Wildman–Crippen MR) is 68.4 cm³/mol. The monoisotopic (exact) mass is 253 g/mol. The number of hydrogen-bond donors (Lipinski definition) is 1. The van der Waals surface area contributed by atoms with Crippen LogP contribution < -0.4 is 9.47 Å². The zero-order valence-electron chi connectivity index (χ0n) is 11.1. The largest absolute Gasteiger partial charge is 0.497 e. The van der Waals surface area contributed by atoms with Gasteiger partial charge in [-0.05, 0) is 37.9 Å². The number of likely N-dealkylation sites (N-methyl/N-ethyl adjacent to an activating group) is 1. The van der Waals surface area contributed by atoms with Crippen molar-refractivity contribution < 1.29 is 19.4 Å². The first-order valence-corrected chi connectivity index (χ1v) is 5.59. The number of nitrogens with zero attached hydrogens (tertiary/aromatic N) is 1. The summed E-state index contributed by atoms with van der Waals surface area (Å²) in [5, 5.41) is 9.18. The van der Waals surface area contributed by atoms with Gasteiger partial charge in [0.05, 0.1) is 14.2 Å². The number of carboxylic acid groups (broad SMARTS) is 1. The molecule has 100 valence electrons. The lowest BCUT2D eigenvalue weighted by Crippen LogP contribution is -2.37. The topological polar surface area (TPSA) is 59.0 Å². The van der Waals surface area contributed by atoms with E-state index in [1.165, 1.54) is 0 Å². The molecule has 0 amide bonds. The third kappa shape index (κ3) is 3.37. The molecule has 0 bridgehead atoms. The molecule has 0 aliphatic heterocycles. The van der Waals surface area contributed by atoms with Gasteiger partial charge in [0.1, 0.15) is 17.5 Å². The molecule has 18 heavy (non-hydrogen) atoms. The normalized spacial score (nSPS) is 12.3. The van der Waals surface area contributed by atoms with Crippen LogP contribution in [0, 0.1) is 0 Å². The van der Waals surface area contributed by atoms with Gasteiger partial charge in [-0.2, -0.15) is 0 Å². The number of benzene rings is 1. The van der Waals surface area contributed by atoms with Gasteiger partial charge < -0.3 is 14.6 Å². The molecule has 0 radical (unpaired) electrons. The summed E-state index contributed by atoms with van der Waals surface area (Å²) in [6.45, 7) is 0. The van der Waals surface area contributed by atoms with Gasteiger partial charge in [-0.15, -0.1) is 0 Å². The zero-order chi connectivity index (χ0) is 13.7. The van der Waals surface area contributed by atoms with Crippen LogP contribution in [0.2, 0.25) is 0 Å². The quantitative estimate of drug-likeness (QED) is 0.827. The van der Waals surface area contributed by atoms with E-state index >= 15 is 0 Å². The van der Waals surface area contributed by atoms with Gasteiger partial charge in [-0.25, -0.2) is 0 Å². The average Bonchev–Trinajstić information content (AvgIpc) is 2.34.